The summed E-state index contributed by atoms with van der Waals surface area (Å²) >= 11 is 0. The second-order valence-corrected chi connectivity index (χ2v) is 5.34. The minimum absolute atomic E-state index is 0.297. The van der Waals surface area contributed by atoms with Crippen LogP contribution in [0.1, 0.15) is 39.5 Å². The molecule has 0 aromatic carbocycles. The zero-order valence-corrected chi connectivity index (χ0v) is 8.04. The molecule has 3 fully saturated rings. The summed E-state index contributed by atoms with van der Waals surface area (Å²) in [4.78, 5) is 0. The van der Waals surface area contributed by atoms with E-state index >= 15 is 0 Å². The quantitative estimate of drug-likeness (QED) is 0.624. The summed E-state index contributed by atoms with van der Waals surface area (Å²) < 4.78 is 36.4. The molecule has 0 saturated heterocycles. The van der Waals surface area contributed by atoms with E-state index in [-0.39, 0.29) is 5.41 Å². The smallest absolute Gasteiger partial charge is 0.171 e. The highest BCUT2D eigenvalue weighted by molar-refractivity contribution is 5.18. The van der Waals surface area contributed by atoms with Gasteiger partial charge in [0.15, 0.2) is 0 Å². The first-order valence-corrected chi connectivity index (χ1v) is 4.84. The van der Waals surface area contributed by atoms with E-state index in [9.17, 15) is 13.2 Å². The van der Waals surface area contributed by atoms with Gasteiger partial charge in [0.05, 0.1) is 0 Å². The molecule has 3 aliphatic carbocycles. The highest BCUT2D eigenvalue weighted by Crippen LogP contribution is 2.78. The molecule has 0 spiro atoms. The van der Waals surface area contributed by atoms with Gasteiger partial charge in [-0.2, -0.15) is 13.2 Å². The van der Waals surface area contributed by atoms with Crippen molar-refractivity contribution in [2.75, 3.05) is 0 Å². The van der Waals surface area contributed by atoms with Crippen molar-refractivity contribution in [3.63, 3.8) is 0 Å². The van der Waals surface area contributed by atoms with Crippen LogP contribution in [0.2, 0.25) is 0 Å². The van der Waals surface area contributed by atoms with Crippen molar-refractivity contribution >= 4 is 0 Å². The van der Waals surface area contributed by atoms with E-state index in [0.717, 1.165) is 19.3 Å². The third-order valence-electron chi connectivity index (χ3n) is 3.98. The largest absolute Gasteiger partial charge is 0.389 e. The first-order chi connectivity index (χ1) is 5.77. The lowest BCUT2D eigenvalue weighted by atomic mass is 9.31. The molecule has 0 unspecified atom stereocenters. The Kier molecular flexibility index (Phi) is 1.61. The molecule has 3 aliphatic rings. The third kappa shape index (κ3) is 1.27. The van der Waals surface area contributed by atoms with Crippen molar-refractivity contribution < 1.29 is 13.2 Å². The molecule has 0 radical (unpaired) electrons. The summed E-state index contributed by atoms with van der Waals surface area (Å²) in [6.07, 6.45) is -2.05. The molecule has 0 aromatic heterocycles. The van der Waals surface area contributed by atoms with E-state index in [1.807, 2.05) is 0 Å². The summed E-state index contributed by atoms with van der Waals surface area (Å²) in [6, 6.07) is 0. The summed E-state index contributed by atoms with van der Waals surface area (Å²) in [5.74, 6) is 0.558. The first kappa shape index (κ1) is 9.35. The number of halogens is 3. The monoisotopic (exact) mass is 192 g/mol. The standard InChI is InChI=1S/C10H15F3/c1-7(2)9-3-8(4-9,5-9)6-10(11,12)13/h7H,3-6H2,1-2H3. The maximum atomic E-state index is 12.1. The first-order valence-electron chi connectivity index (χ1n) is 4.84. The van der Waals surface area contributed by atoms with Crippen molar-refractivity contribution in [2.24, 2.45) is 16.7 Å². The van der Waals surface area contributed by atoms with Gasteiger partial charge in [0, 0.05) is 6.42 Å². The molecule has 0 aromatic rings. The number of hydrogen-bond donors (Lipinski definition) is 0. The van der Waals surface area contributed by atoms with Crippen LogP contribution in [-0.4, -0.2) is 6.18 Å². The molecule has 2 bridgehead atoms. The topological polar surface area (TPSA) is 0 Å². The average Bonchev–Trinajstić information content (AvgIpc) is 1.71. The van der Waals surface area contributed by atoms with Crippen LogP contribution < -0.4 is 0 Å². The predicted molar refractivity (Wildman–Crippen MR) is 44.2 cm³/mol. The van der Waals surface area contributed by atoms with Gasteiger partial charge in [0.25, 0.3) is 0 Å². The van der Waals surface area contributed by atoms with E-state index in [2.05, 4.69) is 13.8 Å². The van der Waals surface area contributed by atoms with Crippen LogP contribution >= 0.6 is 0 Å². The van der Waals surface area contributed by atoms with E-state index in [1.54, 1.807) is 0 Å². The second kappa shape index (κ2) is 2.23. The second-order valence-electron chi connectivity index (χ2n) is 5.34. The van der Waals surface area contributed by atoms with Gasteiger partial charge >= 0.3 is 6.18 Å². The van der Waals surface area contributed by atoms with Gasteiger partial charge in [-0.05, 0) is 36.0 Å². The molecule has 0 nitrogen and oxygen atoms in total. The minimum atomic E-state index is -3.95. The fraction of sp³-hybridized carbons (Fsp3) is 1.00. The SMILES string of the molecule is CC(C)C12CC(CC(F)(F)F)(C1)C2. The Hall–Kier alpha value is -0.210. The third-order valence-corrected chi connectivity index (χ3v) is 3.98. The van der Waals surface area contributed by atoms with E-state index in [1.165, 1.54) is 0 Å². The van der Waals surface area contributed by atoms with Crippen molar-refractivity contribution in [3.05, 3.63) is 0 Å². The van der Waals surface area contributed by atoms with E-state index in [4.69, 9.17) is 0 Å². The van der Waals surface area contributed by atoms with Gasteiger partial charge in [-0.25, -0.2) is 0 Å². The van der Waals surface area contributed by atoms with Crippen molar-refractivity contribution in [3.8, 4) is 0 Å². The Labute approximate surface area is 76.5 Å². The molecular weight excluding hydrogens is 177 g/mol. The van der Waals surface area contributed by atoms with Crippen LogP contribution in [-0.2, 0) is 0 Å². The van der Waals surface area contributed by atoms with Crippen molar-refractivity contribution in [1.29, 1.82) is 0 Å². The molecule has 0 atom stereocenters. The maximum absolute atomic E-state index is 12.1. The molecule has 3 saturated carbocycles. The van der Waals surface area contributed by atoms with Gasteiger partial charge in [-0.1, -0.05) is 13.8 Å². The van der Waals surface area contributed by atoms with Crippen molar-refractivity contribution in [2.45, 2.75) is 45.7 Å². The van der Waals surface area contributed by atoms with Crippen LogP contribution in [0.3, 0.4) is 0 Å². The predicted octanol–water partition coefficient (Wildman–Crippen LogP) is 3.77. The molecular formula is C10H15F3. The molecule has 13 heavy (non-hydrogen) atoms. The van der Waals surface area contributed by atoms with Crippen LogP contribution in [0.25, 0.3) is 0 Å². The fourth-order valence-corrected chi connectivity index (χ4v) is 3.31. The van der Waals surface area contributed by atoms with Gasteiger partial charge in [-0.15, -0.1) is 0 Å². The zero-order valence-electron chi connectivity index (χ0n) is 8.04. The Morgan fingerprint density at radius 1 is 1.15 bits per heavy atom. The summed E-state index contributed by atoms with van der Waals surface area (Å²) in [7, 11) is 0. The molecule has 76 valence electrons. The Bertz CT molecular complexity index is 207. The molecule has 3 rings (SSSR count). The Morgan fingerprint density at radius 2 is 1.62 bits per heavy atom. The molecule has 0 heterocycles. The molecule has 0 aliphatic heterocycles. The van der Waals surface area contributed by atoms with Gasteiger partial charge in [0.1, 0.15) is 0 Å². The zero-order chi connectivity index (χ0) is 9.91. The van der Waals surface area contributed by atoms with Crippen LogP contribution in [0, 0.1) is 16.7 Å². The lowest BCUT2D eigenvalue weighted by molar-refractivity contribution is -0.280. The normalized spacial score (nSPS) is 42.9. The number of rotatable bonds is 2. The average molecular weight is 192 g/mol. The van der Waals surface area contributed by atoms with Crippen molar-refractivity contribution in [1.82, 2.24) is 0 Å². The molecule has 0 amide bonds. The number of alkyl halides is 3. The Balaban J connectivity index is 1.90. The van der Waals surface area contributed by atoms with E-state index in [0.29, 0.717) is 11.3 Å². The Morgan fingerprint density at radius 3 is 1.92 bits per heavy atom. The maximum Gasteiger partial charge on any atom is 0.389 e. The van der Waals surface area contributed by atoms with E-state index < -0.39 is 12.6 Å². The van der Waals surface area contributed by atoms with Gasteiger partial charge < -0.3 is 0 Å². The molecule has 0 N–H and O–H groups in total. The lowest BCUT2D eigenvalue weighted by Gasteiger charge is -2.73. The number of hydrogen-bond acceptors (Lipinski definition) is 0. The minimum Gasteiger partial charge on any atom is -0.171 e. The fourth-order valence-electron chi connectivity index (χ4n) is 3.31. The molecule has 3 heteroatoms. The summed E-state index contributed by atoms with van der Waals surface area (Å²) in [5, 5.41) is 0. The highest BCUT2D eigenvalue weighted by Gasteiger charge is 2.70. The summed E-state index contributed by atoms with van der Waals surface area (Å²) in [5.41, 5.74) is -0.0340. The van der Waals surface area contributed by atoms with Crippen LogP contribution in [0.4, 0.5) is 13.2 Å². The van der Waals surface area contributed by atoms with Gasteiger partial charge in [0.2, 0.25) is 0 Å². The van der Waals surface area contributed by atoms with Gasteiger partial charge in [-0.3, -0.25) is 0 Å². The summed E-state index contributed by atoms with van der Waals surface area (Å²) in [6.45, 7) is 4.24. The highest BCUT2D eigenvalue weighted by atomic mass is 19.4. The van der Waals surface area contributed by atoms with Crippen LogP contribution in [0.15, 0.2) is 0 Å². The lowest BCUT2D eigenvalue weighted by Crippen LogP contribution is -2.64. The van der Waals surface area contributed by atoms with Crippen LogP contribution in [0.5, 0.6) is 0 Å².